The van der Waals surface area contributed by atoms with E-state index in [1.807, 2.05) is 0 Å². The highest BCUT2D eigenvalue weighted by Crippen LogP contribution is 2.23. The van der Waals surface area contributed by atoms with Gasteiger partial charge in [0.15, 0.2) is 0 Å². The van der Waals surface area contributed by atoms with Gasteiger partial charge in [0.05, 0.1) is 51.8 Å². The van der Waals surface area contributed by atoms with Crippen molar-refractivity contribution < 1.29 is 29.1 Å². The normalized spacial score (nSPS) is 15.1. The molecule has 7 N–H and O–H groups in total. The maximum Gasteiger partial charge on any atom is 0.0913 e. The average molecular weight is 373 g/mol. The van der Waals surface area contributed by atoms with Gasteiger partial charge in [-0.3, -0.25) is 0 Å². The van der Waals surface area contributed by atoms with Crippen molar-refractivity contribution in [3.63, 3.8) is 0 Å². The van der Waals surface area contributed by atoms with Gasteiger partial charge in [-0.25, -0.2) is 17.7 Å². The predicted octanol–water partition coefficient (Wildman–Crippen LogP) is -0.0951. The summed E-state index contributed by atoms with van der Waals surface area (Å²) in [6, 6.07) is 0. The minimum absolute atomic E-state index is 0.00347. The summed E-state index contributed by atoms with van der Waals surface area (Å²) in [5.74, 6) is 14.5. The lowest BCUT2D eigenvalue weighted by Crippen LogP contribution is -2.33. The lowest BCUT2D eigenvalue weighted by Gasteiger charge is -2.30. The van der Waals surface area contributed by atoms with E-state index >= 15 is 0 Å². The second-order valence-corrected chi connectivity index (χ2v) is 6.65. The molecule has 0 heterocycles. The zero-order valence-electron chi connectivity index (χ0n) is 15.2. The van der Waals surface area contributed by atoms with Crippen LogP contribution in [-0.2, 0) is 24.0 Å². The first kappa shape index (κ1) is 26.3. The summed E-state index contributed by atoms with van der Waals surface area (Å²) in [7, 11) is 0.772. The topological polar surface area (TPSA) is 144 Å². The van der Waals surface area contributed by atoms with Crippen molar-refractivity contribution in [1.29, 1.82) is 0 Å². The fourth-order valence-corrected chi connectivity index (χ4v) is 2.06. The van der Waals surface area contributed by atoms with Gasteiger partial charge < -0.3 is 29.1 Å². The predicted molar refractivity (Wildman–Crippen MR) is 95.6 cm³/mol. The Balaban J connectivity index is 0. The first-order chi connectivity index (χ1) is 11.5. The SMILES string of the molecule is CCC(C)(CCON)OCC(COCCON)PC.NOCCO. The Morgan fingerprint density at radius 3 is 2.04 bits per heavy atom. The number of aliphatic hydroxyl groups excluding tert-OH is 1. The van der Waals surface area contributed by atoms with E-state index in [9.17, 15) is 0 Å². The Kier molecular flexibility index (Phi) is 21.3. The number of hydrogen-bond acceptors (Lipinski definition) is 9. The zero-order chi connectivity index (χ0) is 18.7. The van der Waals surface area contributed by atoms with Crippen LogP contribution in [0.25, 0.3) is 0 Å². The van der Waals surface area contributed by atoms with E-state index in [2.05, 4.69) is 40.9 Å². The van der Waals surface area contributed by atoms with Crippen LogP contribution in [0.1, 0.15) is 26.7 Å². The molecule has 3 unspecified atom stereocenters. The molecule has 0 radical (unpaired) electrons. The van der Waals surface area contributed by atoms with E-state index < -0.39 is 0 Å². The molecule has 0 aromatic carbocycles. The number of aliphatic hydroxyl groups is 1. The van der Waals surface area contributed by atoms with Crippen molar-refractivity contribution in [1.82, 2.24) is 0 Å². The zero-order valence-corrected chi connectivity index (χ0v) is 16.2. The van der Waals surface area contributed by atoms with Crippen LogP contribution in [0, 0.1) is 0 Å². The molecule has 0 aliphatic carbocycles. The molecule has 0 aromatic heterocycles. The minimum atomic E-state index is -0.183. The molecule has 0 aliphatic heterocycles. The van der Waals surface area contributed by atoms with Gasteiger partial charge in [-0.1, -0.05) is 6.92 Å². The Morgan fingerprint density at radius 1 is 1.00 bits per heavy atom. The highest BCUT2D eigenvalue weighted by Gasteiger charge is 2.24. The van der Waals surface area contributed by atoms with Crippen LogP contribution in [-0.4, -0.2) is 69.3 Å². The molecule has 0 amide bonds. The highest BCUT2D eigenvalue weighted by molar-refractivity contribution is 7.38. The molecule has 0 saturated heterocycles. The van der Waals surface area contributed by atoms with Gasteiger partial charge in [0.2, 0.25) is 0 Å². The van der Waals surface area contributed by atoms with E-state index in [0.29, 0.717) is 38.7 Å². The molecule has 148 valence electrons. The quantitative estimate of drug-likeness (QED) is 0.176. The van der Waals surface area contributed by atoms with Gasteiger partial charge in [0, 0.05) is 12.1 Å². The third-order valence-electron chi connectivity index (χ3n) is 3.41. The third kappa shape index (κ3) is 16.9. The Bertz CT molecular complexity index is 255. The maximum absolute atomic E-state index is 7.86. The lowest BCUT2D eigenvalue weighted by atomic mass is 9.99. The third-order valence-corrected chi connectivity index (χ3v) is 4.56. The number of hydrogen-bond donors (Lipinski definition) is 4. The molecular weight excluding hydrogens is 337 g/mol. The molecule has 0 rings (SSSR count). The van der Waals surface area contributed by atoms with Crippen molar-refractivity contribution in [2.24, 2.45) is 17.7 Å². The van der Waals surface area contributed by atoms with Gasteiger partial charge in [0.25, 0.3) is 0 Å². The Hall–Kier alpha value is 0.0700. The number of rotatable bonds is 15. The maximum atomic E-state index is 7.86. The van der Waals surface area contributed by atoms with Gasteiger partial charge in [0.1, 0.15) is 0 Å². The Morgan fingerprint density at radius 2 is 1.62 bits per heavy atom. The second-order valence-electron chi connectivity index (χ2n) is 5.26. The summed E-state index contributed by atoms with van der Waals surface area (Å²) in [5, 5.41) is 7.86. The summed E-state index contributed by atoms with van der Waals surface area (Å²) in [4.78, 5) is 13.0. The highest BCUT2D eigenvalue weighted by atomic mass is 31.1. The summed E-state index contributed by atoms with van der Waals surface area (Å²) in [6.45, 7) is 9.37. The minimum Gasteiger partial charge on any atom is -0.394 e. The molecule has 0 fully saturated rings. The van der Waals surface area contributed by atoms with Crippen LogP contribution in [0.2, 0.25) is 0 Å². The second kappa shape index (κ2) is 19.4. The van der Waals surface area contributed by atoms with Crippen molar-refractivity contribution in [3.05, 3.63) is 0 Å². The van der Waals surface area contributed by atoms with Crippen LogP contribution >= 0.6 is 8.58 Å². The summed E-state index contributed by atoms with van der Waals surface area (Å²) >= 11 is 0. The molecule has 9 nitrogen and oxygen atoms in total. The molecule has 10 heteroatoms. The van der Waals surface area contributed by atoms with Crippen LogP contribution < -0.4 is 17.7 Å². The molecular formula is C14H36N3O6P. The van der Waals surface area contributed by atoms with E-state index in [1.54, 1.807) is 0 Å². The first-order valence-electron chi connectivity index (χ1n) is 7.98. The number of ether oxygens (including phenoxy) is 2. The van der Waals surface area contributed by atoms with Gasteiger partial charge >= 0.3 is 0 Å². The van der Waals surface area contributed by atoms with Crippen molar-refractivity contribution in [2.45, 2.75) is 37.9 Å². The summed E-state index contributed by atoms with van der Waals surface area (Å²) in [5.41, 5.74) is 0.222. The fraction of sp³-hybridized carbons (Fsp3) is 1.00. The lowest BCUT2D eigenvalue weighted by molar-refractivity contribution is -0.0615. The van der Waals surface area contributed by atoms with Gasteiger partial charge in [-0.05, 0) is 20.0 Å². The van der Waals surface area contributed by atoms with Crippen LogP contribution in [0.5, 0.6) is 0 Å². The largest absolute Gasteiger partial charge is 0.394 e. The van der Waals surface area contributed by atoms with Crippen molar-refractivity contribution in [3.8, 4) is 0 Å². The van der Waals surface area contributed by atoms with Crippen LogP contribution in [0.3, 0.4) is 0 Å². The van der Waals surface area contributed by atoms with E-state index in [1.165, 1.54) is 0 Å². The molecule has 0 bridgehead atoms. The van der Waals surface area contributed by atoms with E-state index in [4.69, 9.17) is 26.4 Å². The van der Waals surface area contributed by atoms with Crippen LogP contribution in [0.15, 0.2) is 0 Å². The molecule has 0 spiro atoms. The summed E-state index contributed by atoms with van der Waals surface area (Å²) < 4.78 is 11.5. The monoisotopic (exact) mass is 373 g/mol. The van der Waals surface area contributed by atoms with Crippen molar-refractivity contribution >= 4 is 8.58 Å². The Labute approximate surface area is 147 Å². The molecule has 0 aromatic rings. The summed E-state index contributed by atoms with van der Waals surface area (Å²) in [6.07, 6.45) is 1.72. The van der Waals surface area contributed by atoms with Crippen LogP contribution in [0.4, 0.5) is 0 Å². The van der Waals surface area contributed by atoms with Gasteiger partial charge in [-0.2, -0.15) is 0 Å². The molecule has 24 heavy (non-hydrogen) atoms. The molecule has 0 saturated carbocycles. The number of nitrogens with two attached hydrogens (primary N) is 3. The van der Waals surface area contributed by atoms with E-state index in [-0.39, 0.29) is 18.8 Å². The van der Waals surface area contributed by atoms with Gasteiger partial charge in [-0.15, -0.1) is 8.58 Å². The fourth-order valence-electron chi connectivity index (χ4n) is 1.53. The first-order valence-corrected chi connectivity index (χ1v) is 9.56. The standard InChI is InChI=1S/C12H29N2O4P.C2H7NO2/c1-4-12(2,5-6-17-13)16-10-11(19-3)9-15-7-8-18-14;3-5-2-1-4/h11,19H,4-10,13-14H2,1-3H3;4H,1-3H2. The van der Waals surface area contributed by atoms with E-state index in [0.717, 1.165) is 21.4 Å². The molecule has 0 aliphatic rings. The van der Waals surface area contributed by atoms with Crippen molar-refractivity contribution in [2.75, 3.05) is 52.9 Å². The smallest absolute Gasteiger partial charge is 0.0913 e. The molecule has 3 atom stereocenters. The average Bonchev–Trinajstić information content (AvgIpc) is 2.60.